The van der Waals surface area contributed by atoms with Gasteiger partial charge in [-0.3, -0.25) is 0 Å². The minimum Gasteiger partial charge on any atom is -0.348 e. The molecule has 3 rings (SSSR count). The molecule has 0 aliphatic heterocycles. The number of halogens is 1. The summed E-state index contributed by atoms with van der Waals surface area (Å²) in [5.41, 5.74) is 4.11. The van der Waals surface area contributed by atoms with E-state index in [-0.39, 0.29) is 0 Å². The monoisotopic (exact) mass is 393 g/mol. The van der Waals surface area contributed by atoms with Crippen molar-refractivity contribution in [3.8, 4) is 0 Å². The van der Waals surface area contributed by atoms with Crippen molar-refractivity contribution in [2.24, 2.45) is 0 Å². The van der Waals surface area contributed by atoms with Crippen molar-refractivity contribution in [1.29, 1.82) is 0 Å². The first-order chi connectivity index (χ1) is 12.3. The Kier molecular flexibility index (Phi) is 7.08. The summed E-state index contributed by atoms with van der Waals surface area (Å²) in [7, 11) is 0. The molecule has 25 heavy (non-hydrogen) atoms. The molecule has 6 heteroatoms. The lowest BCUT2D eigenvalue weighted by atomic mass is 10.1. The summed E-state index contributed by atoms with van der Waals surface area (Å²) in [5, 5.41) is 4.01. The van der Waals surface area contributed by atoms with Gasteiger partial charge in [-0.25, -0.2) is 9.97 Å². The van der Waals surface area contributed by atoms with Crippen LogP contribution in [0.2, 0.25) is 5.02 Å². The summed E-state index contributed by atoms with van der Waals surface area (Å²) in [4.78, 5) is 11.7. The van der Waals surface area contributed by atoms with Gasteiger partial charge in [0.05, 0.1) is 21.4 Å². The zero-order valence-corrected chi connectivity index (χ0v) is 17.0. The Morgan fingerprint density at radius 1 is 1.12 bits per heavy atom. The Morgan fingerprint density at radius 3 is 2.80 bits per heavy atom. The summed E-state index contributed by atoms with van der Waals surface area (Å²) in [6, 6.07) is 5.94. The first-order valence-electron chi connectivity index (χ1n) is 8.94. The summed E-state index contributed by atoms with van der Waals surface area (Å²) < 4.78 is 1.16. The van der Waals surface area contributed by atoms with Gasteiger partial charge >= 0.3 is 0 Å². The van der Waals surface area contributed by atoms with Gasteiger partial charge in [0.25, 0.3) is 0 Å². The molecule has 0 bridgehead atoms. The van der Waals surface area contributed by atoms with Crippen LogP contribution in [0, 0.1) is 0 Å². The molecule has 0 saturated heterocycles. The van der Waals surface area contributed by atoms with Crippen molar-refractivity contribution in [2.45, 2.75) is 45.4 Å². The number of unbranched alkanes of at least 4 members (excludes halogenated alkanes) is 4. The van der Waals surface area contributed by atoms with E-state index in [0.717, 1.165) is 39.9 Å². The van der Waals surface area contributed by atoms with Crippen LogP contribution >= 0.6 is 34.3 Å². The molecule has 0 saturated carbocycles. The molecule has 0 unspecified atom stereocenters. The molecule has 0 atom stereocenters. The van der Waals surface area contributed by atoms with Gasteiger partial charge in [0.15, 0.2) is 5.13 Å². The predicted octanol–water partition coefficient (Wildman–Crippen LogP) is 6.43. The second-order valence-electron chi connectivity index (χ2n) is 6.24. The number of rotatable bonds is 10. The van der Waals surface area contributed by atoms with E-state index in [4.69, 9.17) is 16.6 Å². The average molecular weight is 394 g/mol. The number of fused-ring (bicyclic) bond motifs is 1. The molecule has 0 aliphatic carbocycles. The van der Waals surface area contributed by atoms with Gasteiger partial charge in [-0.2, -0.15) is 0 Å². The van der Waals surface area contributed by atoms with Crippen LogP contribution in [0.4, 0.5) is 5.13 Å². The topological polar surface area (TPSA) is 29.0 Å². The highest BCUT2D eigenvalue weighted by atomic mass is 35.5. The fraction of sp³-hybridized carbons (Fsp3) is 0.474. The molecule has 0 fully saturated rings. The quantitative estimate of drug-likeness (QED) is 0.372. The zero-order valence-electron chi connectivity index (χ0n) is 14.6. The van der Waals surface area contributed by atoms with Crippen LogP contribution in [0.5, 0.6) is 0 Å². The van der Waals surface area contributed by atoms with Crippen molar-refractivity contribution in [3.63, 3.8) is 0 Å². The number of benzene rings is 1. The van der Waals surface area contributed by atoms with E-state index < -0.39 is 0 Å². The lowest BCUT2D eigenvalue weighted by Gasteiger charge is -2.21. The fourth-order valence-corrected chi connectivity index (χ4v) is 4.73. The highest BCUT2D eigenvalue weighted by Gasteiger charge is 2.13. The first-order valence-corrected chi connectivity index (χ1v) is 11.1. The molecule has 0 radical (unpaired) electrons. The summed E-state index contributed by atoms with van der Waals surface area (Å²) >= 11 is 9.53. The Labute approximate surface area is 162 Å². The highest BCUT2D eigenvalue weighted by molar-refractivity contribution is 7.22. The molecule has 1 aromatic carbocycles. The lowest BCUT2D eigenvalue weighted by molar-refractivity contribution is 0.616. The van der Waals surface area contributed by atoms with Gasteiger partial charge in [0, 0.05) is 29.9 Å². The zero-order chi connectivity index (χ0) is 17.5. The van der Waals surface area contributed by atoms with Crippen molar-refractivity contribution >= 4 is 49.6 Å². The Balaban J connectivity index is 1.68. The molecule has 3 nitrogen and oxygen atoms in total. The van der Waals surface area contributed by atoms with Crippen molar-refractivity contribution in [1.82, 2.24) is 9.97 Å². The average Bonchev–Trinajstić information content (AvgIpc) is 3.26. The minimum atomic E-state index is 0.774. The Bertz CT molecular complexity index is 770. The number of thiazole rings is 2. The summed E-state index contributed by atoms with van der Waals surface area (Å²) in [5.74, 6) is 0. The molecule has 3 aromatic rings. The van der Waals surface area contributed by atoms with Crippen molar-refractivity contribution in [2.75, 3.05) is 18.0 Å². The van der Waals surface area contributed by atoms with Crippen LogP contribution in [0.15, 0.2) is 29.1 Å². The molecule has 0 spiro atoms. The maximum Gasteiger partial charge on any atom is 0.186 e. The van der Waals surface area contributed by atoms with Crippen molar-refractivity contribution < 1.29 is 0 Å². The third-order valence-corrected chi connectivity index (χ3v) is 6.21. The second-order valence-corrected chi connectivity index (χ2v) is 8.40. The van der Waals surface area contributed by atoms with Gasteiger partial charge < -0.3 is 4.90 Å². The van der Waals surface area contributed by atoms with Crippen LogP contribution in [0.25, 0.3) is 10.2 Å². The summed E-state index contributed by atoms with van der Waals surface area (Å²) in [6.07, 6.45) is 7.41. The number of aromatic nitrogens is 2. The van der Waals surface area contributed by atoms with Gasteiger partial charge in [-0.05, 0) is 24.6 Å². The maximum absolute atomic E-state index is 6.13. The van der Waals surface area contributed by atoms with Crippen molar-refractivity contribution in [3.05, 3.63) is 39.8 Å². The number of hydrogen-bond donors (Lipinski definition) is 0. The Morgan fingerprint density at radius 2 is 2.00 bits per heavy atom. The standard InChI is InChI=1S/C19H24ClN3S2/c1-2-3-4-5-6-10-23(11-9-16-13-24-14-21-16)19-22-17-8-7-15(20)12-18(17)25-19/h7-8,12-14H,2-6,9-11H2,1H3. The molecular formula is C19H24ClN3S2. The third kappa shape index (κ3) is 5.40. The third-order valence-electron chi connectivity index (χ3n) is 4.26. The van der Waals surface area contributed by atoms with Crippen LogP contribution in [-0.4, -0.2) is 23.1 Å². The molecule has 2 heterocycles. The number of nitrogens with zero attached hydrogens (tertiary/aromatic N) is 3. The maximum atomic E-state index is 6.13. The van der Waals surface area contributed by atoms with Crippen LogP contribution in [-0.2, 0) is 6.42 Å². The Hall–Kier alpha value is -1.17. The van der Waals surface area contributed by atoms with E-state index in [1.165, 1.54) is 37.8 Å². The van der Waals surface area contributed by atoms with E-state index in [1.54, 1.807) is 22.7 Å². The minimum absolute atomic E-state index is 0.774. The molecular weight excluding hydrogens is 370 g/mol. The fourth-order valence-electron chi connectivity index (χ4n) is 2.84. The van der Waals surface area contributed by atoms with Gasteiger partial charge in [0.1, 0.15) is 0 Å². The first kappa shape index (κ1) is 18.6. The molecule has 2 aromatic heterocycles. The second kappa shape index (κ2) is 9.51. The van der Waals surface area contributed by atoms with Gasteiger partial charge in [-0.1, -0.05) is 55.5 Å². The van der Waals surface area contributed by atoms with E-state index in [1.807, 2.05) is 23.7 Å². The number of hydrogen-bond acceptors (Lipinski definition) is 5. The van der Waals surface area contributed by atoms with Crippen LogP contribution in [0.3, 0.4) is 0 Å². The van der Waals surface area contributed by atoms with E-state index in [2.05, 4.69) is 22.2 Å². The van der Waals surface area contributed by atoms with Crippen LogP contribution < -0.4 is 4.90 Å². The van der Waals surface area contributed by atoms with E-state index in [0.29, 0.717) is 0 Å². The summed E-state index contributed by atoms with van der Waals surface area (Å²) in [6.45, 7) is 4.28. The van der Waals surface area contributed by atoms with Gasteiger partial charge in [-0.15, -0.1) is 11.3 Å². The largest absolute Gasteiger partial charge is 0.348 e. The molecule has 0 aliphatic rings. The highest BCUT2D eigenvalue weighted by Crippen LogP contribution is 2.31. The van der Waals surface area contributed by atoms with Crippen LogP contribution in [0.1, 0.15) is 44.7 Å². The normalized spacial score (nSPS) is 11.3. The van der Waals surface area contributed by atoms with E-state index in [9.17, 15) is 0 Å². The number of anilines is 1. The SMILES string of the molecule is CCCCCCCN(CCc1cscn1)c1nc2ccc(Cl)cc2s1. The predicted molar refractivity (Wildman–Crippen MR) is 111 cm³/mol. The smallest absolute Gasteiger partial charge is 0.186 e. The van der Waals surface area contributed by atoms with Gasteiger partial charge in [0.2, 0.25) is 0 Å². The lowest BCUT2D eigenvalue weighted by Crippen LogP contribution is -2.27. The molecule has 0 N–H and O–H groups in total. The molecule has 134 valence electrons. The van der Waals surface area contributed by atoms with E-state index >= 15 is 0 Å². The molecule has 0 amide bonds.